The van der Waals surface area contributed by atoms with E-state index in [9.17, 15) is 14.4 Å². The lowest BCUT2D eigenvalue weighted by Gasteiger charge is -2.35. The Morgan fingerprint density at radius 3 is 2.46 bits per heavy atom. The highest BCUT2D eigenvalue weighted by Crippen LogP contribution is 2.31. The highest BCUT2D eigenvalue weighted by atomic mass is 16.4. The second-order valence-corrected chi connectivity index (χ2v) is 7.07. The minimum absolute atomic E-state index is 0.0180. The first kappa shape index (κ1) is 18.0. The summed E-state index contributed by atoms with van der Waals surface area (Å²) in [6.07, 6.45) is 1.30. The van der Waals surface area contributed by atoms with Crippen LogP contribution >= 0.6 is 0 Å². The first-order valence-electron chi connectivity index (χ1n) is 8.07. The molecule has 0 spiro atoms. The number of carbonyl (C=O) groups is 3. The quantitative estimate of drug-likeness (QED) is 0.862. The zero-order valence-corrected chi connectivity index (χ0v) is 14.3. The largest absolute Gasteiger partial charge is 0.481 e. The number of nitrogens with zero attached hydrogens (tertiary/aromatic N) is 1. The van der Waals surface area contributed by atoms with Crippen molar-refractivity contribution in [1.29, 1.82) is 0 Å². The summed E-state index contributed by atoms with van der Waals surface area (Å²) >= 11 is 0. The first-order valence-corrected chi connectivity index (χ1v) is 8.07. The summed E-state index contributed by atoms with van der Waals surface area (Å²) < 4.78 is 0. The van der Waals surface area contributed by atoms with Gasteiger partial charge in [-0.25, -0.2) is 0 Å². The average molecular weight is 332 g/mol. The van der Waals surface area contributed by atoms with Crippen LogP contribution in [-0.2, 0) is 9.59 Å². The molecule has 130 valence electrons. The third-order valence-corrected chi connectivity index (χ3v) is 4.67. The number of benzene rings is 1. The summed E-state index contributed by atoms with van der Waals surface area (Å²) in [4.78, 5) is 38.2. The Bertz CT molecular complexity index is 642. The van der Waals surface area contributed by atoms with Crippen LogP contribution in [0.3, 0.4) is 0 Å². The maximum Gasteiger partial charge on any atom is 0.310 e. The molecular weight excluding hydrogens is 308 g/mol. The summed E-state index contributed by atoms with van der Waals surface area (Å²) in [7, 11) is 0. The van der Waals surface area contributed by atoms with Gasteiger partial charge in [-0.1, -0.05) is 18.2 Å². The van der Waals surface area contributed by atoms with Crippen molar-refractivity contribution in [3.8, 4) is 0 Å². The summed E-state index contributed by atoms with van der Waals surface area (Å²) in [5, 5.41) is 11.9. The molecule has 0 bridgehead atoms. The smallest absolute Gasteiger partial charge is 0.310 e. The predicted octanol–water partition coefficient (Wildman–Crippen LogP) is 1.91. The third-order valence-electron chi connectivity index (χ3n) is 4.67. The van der Waals surface area contributed by atoms with Crippen LogP contribution < -0.4 is 5.32 Å². The van der Waals surface area contributed by atoms with Crippen molar-refractivity contribution in [3.05, 3.63) is 35.9 Å². The second kappa shape index (κ2) is 6.63. The van der Waals surface area contributed by atoms with E-state index in [-0.39, 0.29) is 18.4 Å². The van der Waals surface area contributed by atoms with E-state index in [2.05, 4.69) is 5.32 Å². The van der Waals surface area contributed by atoms with Gasteiger partial charge in [0.1, 0.15) is 5.54 Å². The molecule has 6 heteroatoms. The SMILES string of the molecule is CC(C)(CNC(=O)C1(C)CCCN1C(=O)c1ccccc1)C(=O)O. The molecule has 0 saturated carbocycles. The van der Waals surface area contributed by atoms with E-state index in [1.807, 2.05) is 6.07 Å². The van der Waals surface area contributed by atoms with Crippen molar-refractivity contribution in [2.45, 2.75) is 39.2 Å². The molecule has 1 fully saturated rings. The van der Waals surface area contributed by atoms with Gasteiger partial charge < -0.3 is 15.3 Å². The lowest BCUT2D eigenvalue weighted by Crippen LogP contribution is -2.56. The average Bonchev–Trinajstić information content (AvgIpc) is 2.95. The van der Waals surface area contributed by atoms with E-state index in [1.165, 1.54) is 0 Å². The number of hydrogen-bond acceptors (Lipinski definition) is 3. The monoisotopic (exact) mass is 332 g/mol. The second-order valence-electron chi connectivity index (χ2n) is 7.07. The molecule has 0 radical (unpaired) electrons. The number of carboxylic acids is 1. The molecule has 0 aromatic heterocycles. The van der Waals surface area contributed by atoms with Gasteiger partial charge in [0.25, 0.3) is 5.91 Å². The van der Waals surface area contributed by atoms with E-state index >= 15 is 0 Å². The van der Waals surface area contributed by atoms with Crippen LogP contribution in [0.15, 0.2) is 30.3 Å². The Morgan fingerprint density at radius 1 is 1.25 bits per heavy atom. The molecule has 1 atom stereocenters. The summed E-state index contributed by atoms with van der Waals surface area (Å²) in [5.41, 5.74) is -1.47. The molecule has 6 nitrogen and oxygen atoms in total. The Hall–Kier alpha value is -2.37. The number of carbonyl (C=O) groups excluding carboxylic acids is 2. The first-order chi connectivity index (χ1) is 11.2. The molecule has 0 aliphatic carbocycles. The molecule has 1 unspecified atom stereocenters. The van der Waals surface area contributed by atoms with Gasteiger partial charge in [-0.3, -0.25) is 14.4 Å². The van der Waals surface area contributed by atoms with Gasteiger partial charge >= 0.3 is 5.97 Å². The predicted molar refractivity (Wildman–Crippen MR) is 89.5 cm³/mol. The van der Waals surface area contributed by atoms with E-state index in [4.69, 9.17) is 5.11 Å². The fraction of sp³-hybridized carbons (Fsp3) is 0.500. The molecule has 1 saturated heterocycles. The number of carboxylic acid groups (broad SMARTS) is 1. The zero-order chi connectivity index (χ0) is 18.0. The number of amides is 2. The number of hydrogen-bond donors (Lipinski definition) is 2. The van der Waals surface area contributed by atoms with Crippen LogP contribution in [0.1, 0.15) is 44.0 Å². The van der Waals surface area contributed by atoms with Crippen molar-refractivity contribution < 1.29 is 19.5 Å². The van der Waals surface area contributed by atoms with Crippen LogP contribution in [-0.4, -0.2) is 46.4 Å². The van der Waals surface area contributed by atoms with Crippen LogP contribution in [0, 0.1) is 5.41 Å². The lowest BCUT2D eigenvalue weighted by atomic mass is 9.92. The molecule has 24 heavy (non-hydrogen) atoms. The lowest BCUT2D eigenvalue weighted by molar-refractivity contribution is -0.147. The summed E-state index contributed by atoms with van der Waals surface area (Å²) in [6.45, 7) is 5.38. The normalized spacial score (nSPS) is 20.7. The standard InChI is InChI=1S/C18H24N2O4/c1-17(2,16(23)24)12-19-15(22)18(3)10-7-11-20(18)14(21)13-8-5-4-6-9-13/h4-6,8-9H,7,10-12H2,1-3H3,(H,19,22)(H,23,24). The fourth-order valence-electron chi connectivity index (χ4n) is 2.83. The molecule has 1 heterocycles. The van der Waals surface area contributed by atoms with Crippen LogP contribution in [0.5, 0.6) is 0 Å². The van der Waals surface area contributed by atoms with Gasteiger partial charge in [0.2, 0.25) is 5.91 Å². The number of rotatable bonds is 5. The van der Waals surface area contributed by atoms with Crippen LogP contribution in [0.4, 0.5) is 0 Å². The minimum Gasteiger partial charge on any atom is -0.481 e. The van der Waals surface area contributed by atoms with Crippen molar-refractivity contribution >= 4 is 17.8 Å². The topological polar surface area (TPSA) is 86.7 Å². The molecule has 2 amide bonds. The molecule has 1 aliphatic rings. The fourth-order valence-corrected chi connectivity index (χ4v) is 2.83. The molecular formula is C18H24N2O4. The maximum absolute atomic E-state index is 12.7. The van der Waals surface area contributed by atoms with Gasteiger partial charge in [-0.2, -0.15) is 0 Å². The van der Waals surface area contributed by atoms with Crippen molar-refractivity contribution in [2.75, 3.05) is 13.1 Å². The van der Waals surface area contributed by atoms with Crippen molar-refractivity contribution in [2.24, 2.45) is 5.41 Å². The zero-order valence-electron chi connectivity index (χ0n) is 14.3. The highest BCUT2D eigenvalue weighted by Gasteiger charge is 2.46. The molecule has 2 N–H and O–H groups in total. The van der Waals surface area contributed by atoms with E-state index < -0.39 is 16.9 Å². The molecule has 1 aromatic carbocycles. The van der Waals surface area contributed by atoms with Gasteiger partial charge in [-0.05, 0) is 45.7 Å². The van der Waals surface area contributed by atoms with Crippen molar-refractivity contribution in [3.63, 3.8) is 0 Å². The van der Waals surface area contributed by atoms with Gasteiger partial charge in [0.15, 0.2) is 0 Å². The van der Waals surface area contributed by atoms with E-state index in [0.717, 1.165) is 6.42 Å². The van der Waals surface area contributed by atoms with Gasteiger partial charge in [0.05, 0.1) is 5.41 Å². The maximum atomic E-state index is 12.7. The molecule has 2 rings (SSSR count). The number of likely N-dealkylation sites (tertiary alicyclic amines) is 1. The third kappa shape index (κ3) is 3.42. The molecule has 1 aliphatic heterocycles. The Balaban J connectivity index is 2.13. The van der Waals surface area contributed by atoms with Gasteiger partial charge in [0, 0.05) is 18.7 Å². The molecule has 1 aromatic rings. The Morgan fingerprint density at radius 2 is 1.88 bits per heavy atom. The van der Waals surface area contributed by atoms with Crippen molar-refractivity contribution in [1.82, 2.24) is 10.2 Å². The number of aliphatic carboxylic acids is 1. The summed E-state index contributed by atoms with van der Waals surface area (Å²) in [5.74, 6) is -1.46. The highest BCUT2D eigenvalue weighted by molar-refractivity contribution is 5.99. The minimum atomic E-state index is -1.06. The van der Waals surface area contributed by atoms with Gasteiger partial charge in [-0.15, -0.1) is 0 Å². The summed E-state index contributed by atoms with van der Waals surface area (Å²) in [6, 6.07) is 8.87. The van der Waals surface area contributed by atoms with E-state index in [1.54, 1.807) is 49.9 Å². The van der Waals surface area contributed by atoms with Crippen LogP contribution in [0.25, 0.3) is 0 Å². The Kier molecular flexibility index (Phi) is 4.96. The Labute approximate surface area is 141 Å². The number of nitrogens with one attached hydrogen (secondary N) is 1. The van der Waals surface area contributed by atoms with E-state index in [0.29, 0.717) is 18.5 Å². The van der Waals surface area contributed by atoms with Crippen LogP contribution in [0.2, 0.25) is 0 Å².